The van der Waals surface area contributed by atoms with E-state index >= 15 is 0 Å². The fraction of sp³-hybridized carbons (Fsp3) is 1.00. The Kier molecular flexibility index (Phi) is 5.58. The van der Waals surface area contributed by atoms with Crippen LogP contribution in [0.3, 0.4) is 0 Å². The van der Waals surface area contributed by atoms with Crippen LogP contribution < -0.4 is 0 Å². The molecule has 0 aliphatic carbocycles. The molecule has 3 nitrogen and oxygen atoms in total. The number of hydrogen-bond acceptors (Lipinski definition) is 2. The van der Waals surface area contributed by atoms with Gasteiger partial charge in [0.25, 0.3) is 0 Å². The second-order valence-corrected chi connectivity index (χ2v) is 2.16. The highest BCUT2D eigenvalue weighted by Gasteiger charge is 2.08. The lowest BCUT2D eigenvalue weighted by atomic mass is 10.3. The normalized spacial score (nSPS) is 16.8. The fourth-order valence-electron chi connectivity index (χ4n) is 0.573. The van der Waals surface area contributed by atoms with Crippen molar-refractivity contribution in [1.29, 1.82) is 0 Å². The topological polar surface area (TPSA) is 38.4 Å². The number of ether oxygens (including phenoxy) is 2. The molecule has 0 heterocycles. The van der Waals surface area contributed by atoms with E-state index in [1.807, 2.05) is 6.92 Å². The Balaban J connectivity index is 3.27. The largest absolute Gasteiger partial charge is 0.356 e. The summed E-state index contributed by atoms with van der Waals surface area (Å²) in [6.07, 6.45) is 0.0900. The first kappa shape index (κ1) is 9.88. The maximum absolute atomic E-state index is 10.8. The molecule has 0 N–H and O–H groups in total. The Labute approximate surface area is 62.0 Å². The van der Waals surface area contributed by atoms with E-state index in [0.29, 0.717) is 6.42 Å². The fourth-order valence-corrected chi connectivity index (χ4v) is 0.573. The van der Waals surface area contributed by atoms with Crippen molar-refractivity contribution in [1.82, 2.24) is 0 Å². The van der Waals surface area contributed by atoms with Gasteiger partial charge in [0.1, 0.15) is 0 Å². The zero-order valence-electron chi connectivity index (χ0n) is 6.79. The Morgan fingerprint density at radius 1 is 1.50 bits per heavy atom. The van der Waals surface area contributed by atoms with Crippen LogP contribution in [-0.2, 0) is 14.6 Å². The van der Waals surface area contributed by atoms with Gasteiger partial charge in [-0.15, -0.1) is 0 Å². The first-order chi connectivity index (χ1) is 4.70. The molecule has 0 bridgehead atoms. The van der Waals surface area contributed by atoms with E-state index in [-0.39, 0.29) is 6.29 Å². The standard InChI is InChI=1S/C7H15O3/c1-4-5-7(8)10-6(2)9-3/h6-7H,4-5H2,1-3H3. The van der Waals surface area contributed by atoms with Gasteiger partial charge in [-0.1, -0.05) is 13.3 Å². The highest BCUT2D eigenvalue weighted by molar-refractivity contribution is 4.39. The molecular formula is C7H15O3. The lowest BCUT2D eigenvalue weighted by molar-refractivity contribution is -0.234. The van der Waals surface area contributed by atoms with Crippen molar-refractivity contribution in [2.45, 2.75) is 39.3 Å². The summed E-state index contributed by atoms with van der Waals surface area (Å²) < 4.78 is 9.61. The molecule has 0 fully saturated rings. The van der Waals surface area contributed by atoms with Gasteiger partial charge in [0.05, 0.1) is 0 Å². The van der Waals surface area contributed by atoms with Gasteiger partial charge in [0.2, 0.25) is 0 Å². The Morgan fingerprint density at radius 3 is 2.50 bits per heavy atom. The van der Waals surface area contributed by atoms with E-state index in [1.54, 1.807) is 6.92 Å². The third-order valence-corrected chi connectivity index (χ3v) is 1.20. The molecule has 2 atom stereocenters. The number of rotatable bonds is 5. The molecule has 0 aromatic heterocycles. The van der Waals surface area contributed by atoms with Crippen LogP contribution in [0, 0.1) is 0 Å². The van der Waals surface area contributed by atoms with Crippen molar-refractivity contribution in [3.05, 3.63) is 0 Å². The van der Waals surface area contributed by atoms with Crippen LogP contribution in [0.1, 0.15) is 26.7 Å². The molecule has 0 spiro atoms. The SMILES string of the molecule is CCCC([O])OC(C)OC. The third kappa shape index (κ3) is 4.73. The molecule has 0 aromatic carbocycles. The minimum atomic E-state index is -0.931. The average molecular weight is 147 g/mol. The van der Waals surface area contributed by atoms with Gasteiger partial charge in [0.15, 0.2) is 12.6 Å². The maximum atomic E-state index is 10.8. The van der Waals surface area contributed by atoms with E-state index in [9.17, 15) is 5.11 Å². The molecule has 0 aliphatic rings. The third-order valence-electron chi connectivity index (χ3n) is 1.20. The predicted molar refractivity (Wildman–Crippen MR) is 36.9 cm³/mol. The highest BCUT2D eigenvalue weighted by atomic mass is 16.7. The summed E-state index contributed by atoms with van der Waals surface area (Å²) in [6, 6.07) is 0. The van der Waals surface area contributed by atoms with E-state index in [0.717, 1.165) is 6.42 Å². The first-order valence-corrected chi connectivity index (χ1v) is 3.54. The monoisotopic (exact) mass is 147 g/mol. The zero-order valence-corrected chi connectivity index (χ0v) is 6.79. The van der Waals surface area contributed by atoms with Gasteiger partial charge in [-0.05, 0) is 6.92 Å². The van der Waals surface area contributed by atoms with Gasteiger partial charge in [-0.2, -0.15) is 0 Å². The predicted octanol–water partition coefficient (Wildman–Crippen LogP) is 1.55. The van der Waals surface area contributed by atoms with Crippen LogP contribution in [-0.4, -0.2) is 19.7 Å². The molecule has 61 valence electrons. The first-order valence-electron chi connectivity index (χ1n) is 3.54. The second kappa shape index (κ2) is 5.65. The summed E-state index contributed by atoms with van der Waals surface area (Å²) in [5.74, 6) is 0. The second-order valence-electron chi connectivity index (χ2n) is 2.16. The molecule has 3 heteroatoms. The van der Waals surface area contributed by atoms with Gasteiger partial charge >= 0.3 is 0 Å². The Morgan fingerprint density at radius 2 is 2.10 bits per heavy atom. The molecule has 1 radical (unpaired) electrons. The number of hydrogen-bond donors (Lipinski definition) is 0. The summed E-state index contributed by atoms with van der Waals surface area (Å²) in [5.41, 5.74) is 0. The van der Waals surface area contributed by atoms with Gasteiger partial charge in [-0.3, -0.25) is 0 Å². The van der Waals surface area contributed by atoms with Gasteiger partial charge in [0, 0.05) is 13.5 Å². The van der Waals surface area contributed by atoms with Crippen LogP contribution in [0.15, 0.2) is 0 Å². The molecule has 0 aliphatic heterocycles. The Hall–Kier alpha value is -0.120. The highest BCUT2D eigenvalue weighted by Crippen LogP contribution is 2.02. The molecule has 0 amide bonds. The summed E-state index contributed by atoms with van der Waals surface area (Å²) in [5, 5.41) is 10.8. The Bertz CT molecular complexity index is 75.3. The van der Waals surface area contributed by atoms with Crippen LogP contribution in [0.4, 0.5) is 0 Å². The van der Waals surface area contributed by atoms with Crippen molar-refractivity contribution < 1.29 is 14.6 Å². The van der Waals surface area contributed by atoms with Crippen LogP contribution in [0.2, 0.25) is 0 Å². The molecule has 2 unspecified atom stereocenters. The molecule has 10 heavy (non-hydrogen) atoms. The van der Waals surface area contributed by atoms with Crippen molar-refractivity contribution in [2.24, 2.45) is 0 Å². The minimum absolute atomic E-state index is 0.381. The van der Waals surface area contributed by atoms with Crippen LogP contribution in [0.25, 0.3) is 0 Å². The van der Waals surface area contributed by atoms with E-state index < -0.39 is 6.29 Å². The summed E-state index contributed by atoms with van der Waals surface area (Å²) in [6.45, 7) is 3.66. The van der Waals surface area contributed by atoms with Crippen molar-refractivity contribution in [3.63, 3.8) is 0 Å². The van der Waals surface area contributed by atoms with Crippen molar-refractivity contribution in [2.75, 3.05) is 7.11 Å². The smallest absolute Gasteiger partial charge is 0.194 e. The summed E-state index contributed by atoms with van der Waals surface area (Å²) >= 11 is 0. The van der Waals surface area contributed by atoms with Crippen LogP contribution in [0.5, 0.6) is 0 Å². The lowest BCUT2D eigenvalue weighted by Crippen LogP contribution is -2.19. The molecule has 0 saturated carbocycles. The summed E-state index contributed by atoms with van der Waals surface area (Å²) in [7, 11) is 1.52. The zero-order chi connectivity index (χ0) is 7.98. The van der Waals surface area contributed by atoms with E-state index in [1.165, 1.54) is 7.11 Å². The number of methoxy groups -OCH3 is 1. The van der Waals surface area contributed by atoms with Crippen molar-refractivity contribution >= 4 is 0 Å². The van der Waals surface area contributed by atoms with Gasteiger partial charge in [-0.25, -0.2) is 5.11 Å². The molecule has 0 aromatic rings. The van der Waals surface area contributed by atoms with E-state index in [2.05, 4.69) is 0 Å². The molecule has 0 saturated heterocycles. The summed E-state index contributed by atoms with van der Waals surface area (Å²) in [4.78, 5) is 0. The molecule has 0 rings (SSSR count). The van der Waals surface area contributed by atoms with Crippen LogP contribution >= 0.6 is 0 Å². The van der Waals surface area contributed by atoms with Crippen molar-refractivity contribution in [3.8, 4) is 0 Å². The maximum Gasteiger partial charge on any atom is 0.194 e. The van der Waals surface area contributed by atoms with E-state index in [4.69, 9.17) is 9.47 Å². The minimum Gasteiger partial charge on any atom is -0.356 e. The average Bonchev–Trinajstić information content (AvgIpc) is 1.88. The quantitative estimate of drug-likeness (QED) is 0.553. The van der Waals surface area contributed by atoms with Gasteiger partial charge < -0.3 is 9.47 Å². The molecular weight excluding hydrogens is 132 g/mol. The lowest BCUT2D eigenvalue weighted by Gasteiger charge is -2.13.